The lowest BCUT2D eigenvalue weighted by atomic mass is 10.0. The molecular weight excluding hydrogens is 362 g/mol. The van der Waals surface area contributed by atoms with Gasteiger partial charge in [0.2, 0.25) is 0 Å². The van der Waals surface area contributed by atoms with Crippen molar-refractivity contribution in [3.8, 4) is 11.3 Å². The molecule has 2 aromatic carbocycles. The standard InChI is InChI=1S/C23H27N5O/c1-27-21(19-10-6-3-7-11-19)16-22(26-27)25-23(29)24-20-12-14-28(15-13-20)17-18-8-4-2-5-9-18/h2-11,16,20H,12-15,17H2,1H3,(H2,24,25,26,29). The molecule has 3 aromatic rings. The number of piperidine rings is 1. The summed E-state index contributed by atoms with van der Waals surface area (Å²) in [5, 5.41) is 10.4. The number of amides is 2. The molecule has 1 aromatic heterocycles. The molecule has 0 spiro atoms. The molecule has 4 rings (SSSR count). The van der Waals surface area contributed by atoms with E-state index in [0.29, 0.717) is 5.82 Å². The number of nitrogens with one attached hydrogen (secondary N) is 2. The molecule has 150 valence electrons. The maximum Gasteiger partial charge on any atom is 0.320 e. The molecule has 1 aliphatic heterocycles. The fourth-order valence-corrected chi connectivity index (χ4v) is 3.82. The first kappa shape index (κ1) is 19.2. The van der Waals surface area contributed by atoms with Gasteiger partial charge in [-0.1, -0.05) is 60.7 Å². The molecule has 29 heavy (non-hydrogen) atoms. The highest BCUT2D eigenvalue weighted by molar-refractivity contribution is 5.89. The minimum Gasteiger partial charge on any atom is -0.335 e. The summed E-state index contributed by atoms with van der Waals surface area (Å²) < 4.78 is 1.78. The van der Waals surface area contributed by atoms with Gasteiger partial charge in [-0.2, -0.15) is 5.10 Å². The van der Waals surface area contributed by atoms with Crippen LogP contribution in [0.5, 0.6) is 0 Å². The van der Waals surface area contributed by atoms with Gasteiger partial charge < -0.3 is 5.32 Å². The summed E-state index contributed by atoms with van der Waals surface area (Å²) >= 11 is 0. The Labute approximate surface area is 171 Å². The van der Waals surface area contributed by atoms with E-state index in [0.717, 1.165) is 43.7 Å². The summed E-state index contributed by atoms with van der Waals surface area (Å²) in [7, 11) is 1.88. The summed E-state index contributed by atoms with van der Waals surface area (Å²) in [6.45, 7) is 2.94. The SMILES string of the molecule is Cn1nc(NC(=O)NC2CCN(Cc3ccccc3)CC2)cc1-c1ccccc1. The number of rotatable bonds is 5. The third-order valence-corrected chi connectivity index (χ3v) is 5.36. The highest BCUT2D eigenvalue weighted by atomic mass is 16.2. The lowest BCUT2D eigenvalue weighted by molar-refractivity contribution is 0.190. The summed E-state index contributed by atoms with van der Waals surface area (Å²) in [4.78, 5) is 14.9. The number of carbonyl (C=O) groups excluding carboxylic acids is 1. The maximum absolute atomic E-state index is 12.4. The van der Waals surface area contributed by atoms with E-state index >= 15 is 0 Å². The van der Waals surface area contributed by atoms with Gasteiger partial charge in [0.15, 0.2) is 5.82 Å². The second kappa shape index (κ2) is 8.92. The summed E-state index contributed by atoms with van der Waals surface area (Å²) in [6, 6.07) is 22.5. The Kier molecular flexibility index (Phi) is 5.91. The summed E-state index contributed by atoms with van der Waals surface area (Å²) in [5.74, 6) is 0.561. The van der Waals surface area contributed by atoms with Crippen molar-refractivity contribution in [2.75, 3.05) is 18.4 Å². The lowest BCUT2D eigenvalue weighted by Crippen LogP contribution is -2.45. The van der Waals surface area contributed by atoms with Crippen molar-refractivity contribution in [1.29, 1.82) is 0 Å². The first-order chi connectivity index (χ1) is 14.2. The Balaban J connectivity index is 1.27. The zero-order chi connectivity index (χ0) is 20.1. The van der Waals surface area contributed by atoms with E-state index < -0.39 is 0 Å². The smallest absolute Gasteiger partial charge is 0.320 e. The number of carbonyl (C=O) groups is 1. The maximum atomic E-state index is 12.4. The number of likely N-dealkylation sites (tertiary alicyclic amines) is 1. The predicted molar refractivity (Wildman–Crippen MR) is 116 cm³/mol. The second-order valence-electron chi connectivity index (χ2n) is 7.54. The van der Waals surface area contributed by atoms with Crippen molar-refractivity contribution in [3.63, 3.8) is 0 Å². The van der Waals surface area contributed by atoms with Crippen LogP contribution in [0.1, 0.15) is 18.4 Å². The normalized spacial score (nSPS) is 15.2. The Bertz CT molecular complexity index is 930. The quantitative estimate of drug-likeness (QED) is 0.696. The minimum absolute atomic E-state index is 0.191. The van der Waals surface area contributed by atoms with Crippen LogP contribution in [0.4, 0.5) is 10.6 Å². The van der Waals surface area contributed by atoms with Gasteiger partial charge in [-0.05, 0) is 24.0 Å². The summed E-state index contributed by atoms with van der Waals surface area (Å²) in [5.41, 5.74) is 3.37. The number of nitrogens with zero attached hydrogens (tertiary/aromatic N) is 3. The van der Waals surface area contributed by atoms with E-state index in [9.17, 15) is 4.79 Å². The average Bonchev–Trinajstić information content (AvgIpc) is 3.10. The van der Waals surface area contributed by atoms with Gasteiger partial charge in [-0.25, -0.2) is 4.79 Å². The number of anilines is 1. The molecule has 0 unspecified atom stereocenters. The molecule has 2 amide bonds. The third kappa shape index (κ3) is 5.03. The fraction of sp³-hybridized carbons (Fsp3) is 0.304. The number of aromatic nitrogens is 2. The molecule has 1 saturated heterocycles. The van der Waals surface area contributed by atoms with Gasteiger partial charge in [0, 0.05) is 38.8 Å². The fourth-order valence-electron chi connectivity index (χ4n) is 3.82. The number of urea groups is 1. The van der Waals surface area contributed by atoms with Crippen LogP contribution in [0.2, 0.25) is 0 Å². The first-order valence-electron chi connectivity index (χ1n) is 10.1. The van der Waals surface area contributed by atoms with E-state index in [1.54, 1.807) is 4.68 Å². The highest BCUT2D eigenvalue weighted by Crippen LogP contribution is 2.21. The molecule has 2 N–H and O–H groups in total. The average molecular weight is 390 g/mol. The van der Waals surface area contributed by atoms with Crippen molar-refractivity contribution >= 4 is 11.8 Å². The molecule has 0 atom stereocenters. The van der Waals surface area contributed by atoms with Gasteiger partial charge in [-0.3, -0.25) is 14.9 Å². The predicted octanol–water partition coefficient (Wildman–Crippen LogP) is 3.87. The number of benzene rings is 2. The molecule has 0 aliphatic carbocycles. The van der Waals surface area contributed by atoms with Crippen molar-refractivity contribution in [1.82, 2.24) is 20.0 Å². The number of hydrogen-bond acceptors (Lipinski definition) is 3. The van der Waals surface area contributed by atoms with Crippen molar-refractivity contribution in [2.24, 2.45) is 7.05 Å². The molecule has 1 fully saturated rings. The largest absolute Gasteiger partial charge is 0.335 e. The molecule has 0 bridgehead atoms. The Morgan fingerprint density at radius 2 is 1.69 bits per heavy atom. The molecule has 2 heterocycles. The van der Waals surface area contributed by atoms with E-state index in [1.807, 2.05) is 49.5 Å². The molecule has 6 nitrogen and oxygen atoms in total. The minimum atomic E-state index is -0.191. The van der Waals surface area contributed by atoms with Gasteiger partial charge in [0.1, 0.15) is 0 Å². The van der Waals surface area contributed by atoms with E-state index in [1.165, 1.54) is 5.56 Å². The van der Waals surface area contributed by atoms with Crippen LogP contribution in [-0.4, -0.2) is 39.8 Å². The van der Waals surface area contributed by atoms with Crippen molar-refractivity contribution in [3.05, 3.63) is 72.3 Å². The van der Waals surface area contributed by atoms with Crippen LogP contribution >= 0.6 is 0 Å². The molecule has 6 heteroatoms. The zero-order valence-electron chi connectivity index (χ0n) is 16.7. The topological polar surface area (TPSA) is 62.2 Å². The highest BCUT2D eigenvalue weighted by Gasteiger charge is 2.21. The molecule has 1 aliphatic rings. The Morgan fingerprint density at radius 1 is 1.03 bits per heavy atom. The lowest BCUT2D eigenvalue weighted by Gasteiger charge is -2.32. The van der Waals surface area contributed by atoms with Crippen LogP contribution in [0.15, 0.2) is 66.7 Å². The Hall–Kier alpha value is -3.12. The monoisotopic (exact) mass is 389 g/mol. The number of aryl methyl sites for hydroxylation is 1. The molecular formula is C23H27N5O. The second-order valence-corrected chi connectivity index (χ2v) is 7.54. The van der Waals surface area contributed by atoms with Crippen molar-refractivity contribution in [2.45, 2.75) is 25.4 Å². The summed E-state index contributed by atoms with van der Waals surface area (Å²) in [6.07, 6.45) is 1.91. The molecule has 0 radical (unpaired) electrons. The van der Waals surface area contributed by atoms with Gasteiger partial charge in [-0.15, -0.1) is 0 Å². The third-order valence-electron chi connectivity index (χ3n) is 5.36. The first-order valence-corrected chi connectivity index (χ1v) is 10.1. The van der Waals surface area contributed by atoms with E-state index in [-0.39, 0.29) is 12.1 Å². The molecule has 0 saturated carbocycles. The van der Waals surface area contributed by atoms with Crippen LogP contribution < -0.4 is 10.6 Å². The van der Waals surface area contributed by atoms with Gasteiger partial charge in [0.25, 0.3) is 0 Å². The van der Waals surface area contributed by atoms with Gasteiger partial charge >= 0.3 is 6.03 Å². The van der Waals surface area contributed by atoms with Gasteiger partial charge in [0.05, 0.1) is 5.69 Å². The van der Waals surface area contributed by atoms with E-state index in [2.05, 4.69) is 44.9 Å². The van der Waals surface area contributed by atoms with Crippen LogP contribution in [0.25, 0.3) is 11.3 Å². The number of hydrogen-bond donors (Lipinski definition) is 2. The van der Waals surface area contributed by atoms with E-state index in [4.69, 9.17) is 0 Å². The van der Waals surface area contributed by atoms with Crippen LogP contribution in [0.3, 0.4) is 0 Å². The zero-order valence-corrected chi connectivity index (χ0v) is 16.7. The van der Waals surface area contributed by atoms with Crippen LogP contribution in [-0.2, 0) is 13.6 Å². The van der Waals surface area contributed by atoms with Crippen molar-refractivity contribution < 1.29 is 4.79 Å². The Morgan fingerprint density at radius 3 is 2.38 bits per heavy atom. The van der Waals surface area contributed by atoms with Crippen LogP contribution in [0, 0.1) is 0 Å².